The van der Waals surface area contributed by atoms with Crippen LogP contribution in [-0.4, -0.2) is 40.9 Å². The van der Waals surface area contributed by atoms with Gasteiger partial charge in [0.25, 0.3) is 0 Å². The fourth-order valence-electron chi connectivity index (χ4n) is 1.72. The van der Waals surface area contributed by atoms with Crippen molar-refractivity contribution in [2.45, 2.75) is 6.92 Å². The molecule has 6 heteroatoms. The van der Waals surface area contributed by atoms with Crippen molar-refractivity contribution in [1.29, 1.82) is 0 Å². The number of allylic oxidation sites excluding steroid dienone is 1. The summed E-state index contributed by atoms with van der Waals surface area (Å²) >= 11 is 0. The maximum absolute atomic E-state index is 11.7. The molecule has 1 aromatic carbocycles. The molecule has 0 fully saturated rings. The van der Waals surface area contributed by atoms with Crippen LogP contribution in [0.5, 0.6) is 11.5 Å². The summed E-state index contributed by atoms with van der Waals surface area (Å²) in [4.78, 5) is 11.7. The minimum Gasteiger partial charge on any atom is -0.467 e. The van der Waals surface area contributed by atoms with Gasteiger partial charge in [0.1, 0.15) is 11.5 Å². The van der Waals surface area contributed by atoms with Crippen molar-refractivity contribution in [3.63, 3.8) is 0 Å². The van der Waals surface area contributed by atoms with Gasteiger partial charge >= 0.3 is 5.97 Å². The molecule has 0 aliphatic rings. The van der Waals surface area contributed by atoms with Crippen LogP contribution in [0, 0.1) is 0 Å². The lowest BCUT2D eigenvalue weighted by atomic mass is 10.0. The lowest BCUT2D eigenvalue weighted by Gasteiger charge is -2.17. The van der Waals surface area contributed by atoms with Crippen molar-refractivity contribution in [1.82, 2.24) is 0 Å². The van der Waals surface area contributed by atoms with Gasteiger partial charge in [0.2, 0.25) is 0 Å². The van der Waals surface area contributed by atoms with E-state index in [0.717, 1.165) is 5.57 Å². The third kappa shape index (κ3) is 4.47. The molecule has 116 valence electrons. The van der Waals surface area contributed by atoms with Gasteiger partial charge in [0.15, 0.2) is 13.6 Å². The highest BCUT2D eigenvalue weighted by molar-refractivity contribution is 5.92. The van der Waals surface area contributed by atoms with Gasteiger partial charge < -0.3 is 23.7 Å². The van der Waals surface area contributed by atoms with Crippen LogP contribution in [-0.2, 0) is 14.2 Å². The Kier molecular flexibility index (Phi) is 6.71. The first-order valence-electron chi connectivity index (χ1n) is 6.20. The average Bonchev–Trinajstić information content (AvgIpc) is 2.48. The highest BCUT2D eigenvalue weighted by Crippen LogP contribution is 2.36. The summed E-state index contributed by atoms with van der Waals surface area (Å²) in [6, 6.07) is 3.13. The monoisotopic (exact) mass is 296 g/mol. The molecule has 1 aromatic rings. The zero-order valence-electron chi connectivity index (χ0n) is 12.7. The van der Waals surface area contributed by atoms with Crippen LogP contribution in [0.1, 0.15) is 22.8 Å². The molecular formula is C15H20O6. The number of esters is 1. The molecule has 0 atom stereocenters. The average molecular weight is 296 g/mol. The molecule has 0 N–H and O–H groups in total. The van der Waals surface area contributed by atoms with E-state index in [1.807, 2.05) is 6.92 Å². The standard InChI is InChI=1S/C15H20O6/c1-10(2)14-12(20-8-17-3)6-11(15(16)19-5)7-13(14)21-9-18-4/h6-7H,1,8-9H2,2-5H3. The topological polar surface area (TPSA) is 63.2 Å². The second kappa shape index (κ2) is 8.28. The van der Waals surface area contributed by atoms with Gasteiger partial charge in [-0.3, -0.25) is 0 Å². The zero-order valence-corrected chi connectivity index (χ0v) is 12.7. The SMILES string of the molecule is C=C(C)c1c(OCOC)cc(C(=O)OC)cc1OCOC. The van der Waals surface area contributed by atoms with Crippen molar-refractivity contribution in [3.8, 4) is 11.5 Å². The van der Waals surface area contributed by atoms with Crippen molar-refractivity contribution in [2.75, 3.05) is 34.9 Å². The maximum atomic E-state index is 11.7. The summed E-state index contributed by atoms with van der Waals surface area (Å²) in [6.45, 7) is 5.78. The molecule has 0 saturated carbocycles. The number of hydrogen-bond donors (Lipinski definition) is 0. The molecule has 0 unspecified atom stereocenters. The van der Waals surface area contributed by atoms with Gasteiger partial charge in [-0.15, -0.1) is 0 Å². The molecule has 0 spiro atoms. The van der Waals surface area contributed by atoms with Crippen LogP contribution < -0.4 is 9.47 Å². The molecule has 21 heavy (non-hydrogen) atoms. The van der Waals surface area contributed by atoms with E-state index in [9.17, 15) is 4.79 Å². The molecule has 0 heterocycles. The number of carbonyl (C=O) groups excluding carboxylic acids is 1. The van der Waals surface area contributed by atoms with E-state index in [1.54, 1.807) is 12.1 Å². The summed E-state index contributed by atoms with van der Waals surface area (Å²) in [7, 11) is 4.32. The van der Waals surface area contributed by atoms with E-state index >= 15 is 0 Å². The van der Waals surface area contributed by atoms with Gasteiger partial charge in [0, 0.05) is 14.2 Å². The Labute approximate surface area is 124 Å². The fourth-order valence-corrected chi connectivity index (χ4v) is 1.72. The molecule has 0 saturated heterocycles. The van der Waals surface area contributed by atoms with Gasteiger partial charge in [-0.25, -0.2) is 4.79 Å². The minimum atomic E-state index is -0.493. The van der Waals surface area contributed by atoms with Crippen molar-refractivity contribution in [3.05, 3.63) is 29.8 Å². The number of ether oxygens (including phenoxy) is 5. The van der Waals surface area contributed by atoms with Crippen LogP contribution in [0.2, 0.25) is 0 Å². The molecule has 0 aliphatic carbocycles. The Balaban J connectivity index is 3.34. The Hall–Kier alpha value is -2.05. The summed E-state index contributed by atoms with van der Waals surface area (Å²) in [5.41, 5.74) is 1.68. The predicted octanol–water partition coefficient (Wildman–Crippen LogP) is 2.47. The van der Waals surface area contributed by atoms with E-state index in [1.165, 1.54) is 21.3 Å². The lowest BCUT2D eigenvalue weighted by molar-refractivity contribution is 0.0447. The van der Waals surface area contributed by atoms with E-state index in [2.05, 4.69) is 6.58 Å². The van der Waals surface area contributed by atoms with Crippen LogP contribution >= 0.6 is 0 Å². The summed E-state index contributed by atoms with van der Waals surface area (Å²) in [6.07, 6.45) is 0. The molecule has 0 radical (unpaired) electrons. The van der Waals surface area contributed by atoms with Gasteiger partial charge in [-0.2, -0.15) is 0 Å². The van der Waals surface area contributed by atoms with Crippen LogP contribution in [0.15, 0.2) is 18.7 Å². The normalized spacial score (nSPS) is 10.1. The van der Waals surface area contributed by atoms with E-state index < -0.39 is 5.97 Å². The predicted molar refractivity (Wildman–Crippen MR) is 77.5 cm³/mol. The number of hydrogen-bond acceptors (Lipinski definition) is 6. The second-order valence-electron chi connectivity index (χ2n) is 4.22. The van der Waals surface area contributed by atoms with Crippen LogP contribution in [0.4, 0.5) is 0 Å². The van der Waals surface area contributed by atoms with Gasteiger partial charge in [-0.05, 0) is 24.6 Å². The van der Waals surface area contributed by atoms with E-state index in [0.29, 0.717) is 22.6 Å². The van der Waals surface area contributed by atoms with Crippen LogP contribution in [0.3, 0.4) is 0 Å². The summed E-state index contributed by atoms with van der Waals surface area (Å²) in [5.74, 6) is 0.365. The van der Waals surface area contributed by atoms with Gasteiger partial charge in [-0.1, -0.05) is 6.58 Å². The fraction of sp³-hybridized carbons (Fsp3) is 0.400. The largest absolute Gasteiger partial charge is 0.467 e. The molecular weight excluding hydrogens is 276 g/mol. The lowest BCUT2D eigenvalue weighted by Crippen LogP contribution is -2.09. The first-order valence-corrected chi connectivity index (χ1v) is 6.20. The summed E-state index contributed by atoms with van der Waals surface area (Å²) < 4.78 is 25.5. The van der Waals surface area contributed by atoms with E-state index in [-0.39, 0.29) is 13.6 Å². The zero-order chi connectivity index (χ0) is 15.8. The first kappa shape index (κ1) is 17.0. The Bertz CT molecular complexity index is 480. The summed E-state index contributed by atoms with van der Waals surface area (Å²) in [5, 5.41) is 0. The number of methoxy groups -OCH3 is 3. The number of benzene rings is 1. The van der Waals surface area contributed by atoms with Crippen LogP contribution in [0.25, 0.3) is 5.57 Å². The Morgan fingerprint density at radius 1 is 1.05 bits per heavy atom. The maximum Gasteiger partial charge on any atom is 0.338 e. The molecule has 0 bridgehead atoms. The third-order valence-electron chi connectivity index (χ3n) is 2.58. The van der Waals surface area contributed by atoms with E-state index in [4.69, 9.17) is 23.7 Å². The Morgan fingerprint density at radius 2 is 1.52 bits per heavy atom. The highest BCUT2D eigenvalue weighted by atomic mass is 16.7. The number of carbonyl (C=O) groups is 1. The minimum absolute atomic E-state index is 0.0363. The van der Waals surface area contributed by atoms with Crippen molar-refractivity contribution >= 4 is 11.5 Å². The van der Waals surface area contributed by atoms with Crippen molar-refractivity contribution in [2.24, 2.45) is 0 Å². The quantitative estimate of drug-likeness (QED) is 0.542. The third-order valence-corrected chi connectivity index (χ3v) is 2.58. The highest BCUT2D eigenvalue weighted by Gasteiger charge is 2.18. The second-order valence-corrected chi connectivity index (χ2v) is 4.22. The molecule has 6 nitrogen and oxygen atoms in total. The number of rotatable bonds is 8. The smallest absolute Gasteiger partial charge is 0.338 e. The molecule has 1 rings (SSSR count). The molecule has 0 aliphatic heterocycles. The van der Waals surface area contributed by atoms with Crippen molar-refractivity contribution < 1.29 is 28.5 Å². The molecule has 0 aromatic heterocycles. The molecule has 0 amide bonds. The Morgan fingerprint density at radius 3 is 1.86 bits per heavy atom. The van der Waals surface area contributed by atoms with Gasteiger partial charge in [0.05, 0.1) is 18.2 Å². The first-order chi connectivity index (χ1) is 10.0.